The molecule has 1 unspecified atom stereocenters. The smallest absolute Gasteiger partial charge is 0.317 e. The van der Waals surface area contributed by atoms with Gasteiger partial charge < -0.3 is 15.3 Å². The Labute approximate surface area is 170 Å². The number of hydrogen-bond acceptors (Lipinski definition) is 2. The van der Waals surface area contributed by atoms with Crippen molar-refractivity contribution in [1.29, 1.82) is 0 Å². The monoisotopic (exact) mass is 390 g/mol. The second-order valence-corrected chi connectivity index (χ2v) is 8.57. The highest BCUT2D eigenvalue weighted by molar-refractivity contribution is 5.75. The number of amides is 2. The Kier molecular flexibility index (Phi) is 4.53. The van der Waals surface area contributed by atoms with Crippen LogP contribution in [0.1, 0.15) is 53.4 Å². The van der Waals surface area contributed by atoms with E-state index in [0.29, 0.717) is 50.2 Å². The molecule has 1 atom stereocenters. The summed E-state index contributed by atoms with van der Waals surface area (Å²) >= 11 is 0. The van der Waals surface area contributed by atoms with E-state index >= 15 is 0 Å². The molecule has 6 rings (SSSR count). The predicted molar refractivity (Wildman–Crippen MR) is 110 cm³/mol. The average Bonchev–Trinajstić information content (AvgIpc) is 2.77. The number of carboxylic acid groups (broad SMARTS) is 1. The van der Waals surface area contributed by atoms with Crippen LogP contribution in [0.3, 0.4) is 0 Å². The summed E-state index contributed by atoms with van der Waals surface area (Å²) in [5, 5.41) is 12.3. The largest absolute Gasteiger partial charge is 0.481 e. The van der Waals surface area contributed by atoms with Crippen LogP contribution in [-0.2, 0) is 4.79 Å². The molecule has 4 aliphatic rings. The third kappa shape index (κ3) is 3.09. The Hall–Kier alpha value is -2.82. The predicted octanol–water partition coefficient (Wildman–Crippen LogP) is 3.79. The number of hydrogen-bond donors (Lipinski definition) is 2. The van der Waals surface area contributed by atoms with Crippen LogP contribution in [0.15, 0.2) is 48.5 Å². The summed E-state index contributed by atoms with van der Waals surface area (Å²) in [6.07, 6.45) is 2.13. The summed E-state index contributed by atoms with van der Waals surface area (Å²) in [4.78, 5) is 25.6. The zero-order valence-corrected chi connectivity index (χ0v) is 16.4. The SMILES string of the molecule is O=C(O)C1CCN(C(=O)NCC2CC3c4ccccc4C2c2ccccc23)CC1. The molecule has 2 bridgehead atoms. The molecule has 2 aromatic carbocycles. The van der Waals surface area contributed by atoms with E-state index in [1.807, 2.05) is 0 Å². The van der Waals surface area contributed by atoms with Crippen LogP contribution >= 0.6 is 0 Å². The van der Waals surface area contributed by atoms with Crippen molar-refractivity contribution in [3.05, 3.63) is 70.8 Å². The van der Waals surface area contributed by atoms with Crippen molar-refractivity contribution in [2.24, 2.45) is 11.8 Å². The number of urea groups is 1. The molecule has 5 nitrogen and oxygen atoms in total. The van der Waals surface area contributed by atoms with Crippen molar-refractivity contribution in [3.8, 4) is 0 Å². The third-order valence-corrected chi connectivity index (χ3v) is 7.07. The molecule has 3 aliphatic carbocycles. The summed E-state index contributed by atoms with van der Waals surface area (Å²) in [5.41, 5.74) is 5.69. The second-order valence-electron chi connectivity index (χ2n) is 8.57. The fourth-order valence-electron chi connectivity index (χ4n) is 5.62. The lowest BCUT2D eigenvalue weighted by molar-refractivity contribution is -0.143. The van der Waals surface area contributed by atoms with E-state index in [-0.39, 0.29) is 11.9 Å². The molecule has 2 aromatic rings. The lowest BCUT2D eigenvalue weighted by Gasteiger charge is -2.45. The molecular formula is C24H26N2O3. The maximum Gasteiger partial charge on any atom is 0.317 e. The van der Waals surface area contributed by atoms with Gasteiger partial charge in [0, 0.05) is 31.5 Å². The molecule has 2 amide bonds. The summed E-state index contributed by atoms with van der Waals surface area (Å²) in [6.45, 7) is 1.69. The molecule has 5 heteroatoms. The second kappa shape index (κ2) is 7.21. The van der Waals surface area contributed by atoms with Crippen LogP contribution in [0, 0.1) is 11.8 Å². The summed E-state index contributed by atoms with van der Waals surface area (Å²) < 4.78 is 0. The van der Waals surface area contributed by atoms with E-state index in [9.17, 15) is 9.59 Å². The highest BCUT2D eigenvalue weighted by Crippen LogP contribution is 2.55. The van der Waals surface area contributed by atoms with Gasteiger partial charge in [0.25, 0.3) is 0 Å². The minimum atomic E-state index is -0.749. The molecular weight excluding hydrogens is 364 g/mol. The van der Waals surface area contributed by atoms with Gasteiger partial charge in [-0.2, -0.15) is 0 Å². The standard InChI is InChI=1S/C24H26N2O3/c27-23(28)15-9-11-26(12-10-15)24(29)25-14-16-13-21-17-5-1-3-7-19(17)22(16)20-8-4-2-6-18(20)21/h1-8,15-16,21-22H,9-14H2,(H,25,29)(H,27,28). The van der Waals surface area contributed by atoms with Gasteiger partial charge in [-0.15, -0.1) is 0 Å². The zero-order chi connectivity index (χ0) is 20.0. The molecule has 29 heavy (non-hydrogen) atoms. The van der Waals surface area contributed by atoms with Gasteiger partial charge in [0.15, 0.2) is 0 Å². The number of rotatable bonds is 3. The zero-order valence-electron chi connectivity index (χ0n) is 16.4. The number of nitrogens with one attached hydrogen (secondary N) is 1. The molecule has 2 N–H and O–H groups in total. The fourth-order valence-corrected chi connectivity index (χ4v) is 5.62. The summed E-state index contributed by atoms with van der Waals surface area (Å²) in [6, 6.07) is 17.4. The van der Waals surface area contributed by atoms with E-state index in [1.165, 1.54) is 22.3 Å². The van der Waals surface area contributed by atoms with E-state index in [0.717, 1.165) is 6.42 Å². The van der Waals surface area contributed by atoms with Crippen molar-refractivity contribution >= 4 is 12.0 Å². The number of likely N-dealkylation sites (tertiary alicyclic amines) is 1. The minimum Gasteiger partial charge on any atom is -0.481 e. The summed E-state index contributed by atoms with van der Waals surface area (Å²) in [7, 11) is 0. The van der Waals surface area contributed by atoms with Crippen LogP contribution in [-0.4, -0.2) is 41.6 Å². The van der Waals surface area contributed by atoms with Crippen molar-refractivity contribution in [1.82, 2.24) is 10.2 Å². The number of carbonyl (C=O) groups is 2. The first-order chi connectivity index (χ1) is 14.1. The molecule has 0 aromatic heterocycles. The number of carboxylic acids is 1. The Morgan fingerprint density at radius 2 is 1.48 bits per heavy atom. The maximum atomic E-state index is 12.7. The number of fused-ring (bicyclic) bond motifs is 1. The first-order valence-corrected chi connectivity index (χ1v) is 10.6. The number of nitrogens with zero attached hydrogens (tertiary/aromatic N) is 1. The van der Waals surface area contributed by atoms with Crippen LogP contribution in [0.25, 0.3) is 0 Å². The molecule has 1 heterocycles. The molecule has 0 radical (unpaired) electrons. The average molecular weight is 390 g/mol. The lowest BCUT2D eigenvalue weighted by atomic mass is 9.59. The molecule has 1 aliphatic heterocycles. The van der Waals surface area contributed by atoms with Gasteiger partial charge in [-0.05, 0) is 47.4 Å². The van der Waals surface area contributed by atoms with Gasteiger partial charge in [0.05, 0.1) is 5.92 Å². The number of piperidine rings is 1. The quantitative estimate of drug-likeness (QED) is 0.838. The van der Waals surface area contributed by atoms with Gasteiger partial charge in [0.1, 0.15) is 0 Å². The molecule has 150 valence electrons. The fraction of sp³-hybridized carbons (Fsp3) is 0.417. The van der Waals surface area contributed by atoms with Gasteiger partial charge in [-0.25, -0.2) is 4.79 Å². The Morgan fingerprint density at radius 1 is 0.931 bits per heavy atom. The van der Waals surface area contributed by atoms with Crippen LogP contribution in [0.2, 0.25) is 0 Å². The third-order valence-electron chi connectivity index (χ3n) is 7.07. The van der Waals surface area contributed by atoms with Crippen molar-refractivity contribution in [2.45, 2.75) is 31.1 Å². The number of aliphatic carboxylic acids is 1. The van der Waals surface area contributed by atoms with Crippen molar-refractivity contribution in [2.75, 3.05) is 19.6 Å². The number of carbonyl (C=O) groups excluding carboxylic acids is 1. The van der Waals surface area contributed by atoms with E-state index < -0.39 is 5.97 Å². The van der Waals surface area contributed by atoms with Crippen molar-refractivity contribution < 1.29 is 14.7 Å². The molecule has 1 saturated heterocycles. The van der Waals surface area contributed by atoms with Gasteiger partial charge >= 0.3 is 12.0 Å². The minimum absolute atomic E-state index is 0.0585. The molecule has 0 spiro atoms. The van der Waals surface area contributed by atoms with Crippen LogP contribution < -0.4 is 5.32 Å². The number of benzene rings is 2. The maximum absolute atomic E-state index is 12.7. The highest BCUT2D eigenvalue weighted by atomic mass is 16.4. The molecule has 1 fully saturated rings. The van der Waals surface area contributed by atoms with E-state index in [2.05, 4.69) is 53.8 Å². The first-order valence-electron chi connectivity index (χ1n) is 10.6. The van der Waals surface area contributed by atoms with Crippen molar-refractivity contribution in [3.63, 3.8) is 0 Å². The first kappa shape index (κ1) is 18.2. The van der Waals surface area contributed by atoms with Gasteiger partial charge in [-0.1, -0.05) is 48.5 Å². The topological polar surface area (TPSA) is 69.6 Å². The normalized spacial score (nSPS) is 25.2. The lowest BCUT2D eigenvalue weighted by Crippen LogP contribution is -2.48. The Bertz CT molecular complexity index is 901. The Balaban J connectivity index is 1.30. The van der Waals surface area contributed by atoms with Crippen LogP contribution in [0.4, 0.5) is 4.79 Å². The van der Waals surface area contributed by atoms with Gasteiger partial charge in [-0.3, -0.25) is 4.79 Å². The summed E-state index contributed by atoms with van der Waals surface area (Å²) in [5.74, 6) is 0.0399. The Morgan fingerprint density at radius 3 is 2.03 bits per heavy atom. The van der Waals surface area contributed by atoms with E-state index in [4.69, 9.17) is 5.11 Å². The van der Waals surface area contributed by atoms with Crippen LogP contribution in [0.5, 0.6) is 0 Å². The molecule has 0 saturated carbocycles. The van der Waals surface area contributed by atoms with E-state index in [1.54, 1.807) is 4.90 Å². The van der Waals surface area contributed by atoms with Gasteiger partial charge in [0.2, 0.25) is 0 Å². The highest BCUT2D eigenvalue weighted by Gasteiger charge is 2.43.